The molecule has 0 radical (unpaired) electrons. The highest BCUT2D eigenvalue weighted by Gasteiger charge is 2.14. The number of ether oxygens (including phenoxy) is 1. The number of rotatable bonds is 8. The summed E-state index contributed by atoms with van der Waals surface area (Å²) in [5.41, 5.74) is 4.98. The molecule has 0 aliphatic carbocycles. The Hall–Kier alpha value is -3.57. The number of carbonyl (C=O) groups is 1. The molecule has 4 aromatic rings. The van der Waals surface area contributed by atoms with E-state index in [4.69, 9.17) is 16.3 Å². The molecular weight excluding hydrogens is 422 g/mol. The van der Waals surface area contributed by atoms with Crippen LogP contribution in [0.4, 0.5) is 0 Å². The number of benzene rings is 2. The number of nitrogens with one attached hydrogen (secondary N) is 1. The maximum Gasteiger partial charge on any atom is 0.220 e. The van der Waals surface area contributed by atoms with Gasteiger partial charge in [0, 0.05) is 29.0 Å². The third kappa shape index (κ3) is 5.18. The molecule has 0 saturated heterocycles. The number of methoxy groups -OCH3 is 1. The van der Waals surface area contributed by atoms with Gasteiger partial charge in [0.05, 0.1) is 25.0 Å². The number of aromatic nitrogens is 2. The number of hydrogen-bond acceptors (Lipinski definition) is 3. The second-order valence-electron chi connectivity index (χ2n) is 7.35. The van der Waals surface area contributed by atoms with Crippen LogP contribution in [0.1, 0.15) is 17.8 Å². The maximum absolute atomic E-state index is 12.5. The molecule has 0 fully saturated rings. The van der Waals surface area contributed by atoms with Crippen LogP contribution in [0.2, 0.25) is 5.02 Å². The minimum absolute atomic E-state index is 0.00817. The van der Waals surface area contributed by atoms with Crippen molar-refractivity contribution in [2.45, 2.75) is 19.4 Å². The van der Waals surface area contributed by atoms with Crippen molar-refractivity contribution in [3.05, 3.63) is 101 Å². The van der Waals surface area contributed by atoms with Crippen molar-refractivity contribution in [2.24, 2.45) is 0 Å². The number of carbonyl (C=O) groups excluding carboxylic acids is 1. The third-order valence-electron chi connectivity index (χ3n) is 5.23. The lowest BCUT2D eigenvalue weighted by molar-refractivity contribution is -0.121. The van der Waals surface area contributed by atoms with Crippen LogP contribution in [0.5, 0.6) is 5.75 Å². The Balaban J connectivity index is 1.55. The lowest BCUT2D eigenvalue weighted by atomic mass is 10.1. The zero-order chi connectivity index (χ0) is 22.3. The van der Waals surface area contributed by atoms with Crippen molar-refractivity contribution >= 4 is 17.5 Å². The Morgan fingerprint density at radius 2 is 1.78 bits per heavy atom. The van der Waals surface area contributed by atoms with Gasteiger partial charge in [0.15, 0.2) is 0 Å². The first kappa shape index (κ1) is 21.7. The Labute approximate surface area is 192 Å². The lowest BCUT2D eigenvalue weighted by Gasteiger charge is -2.15. The topological polar surface area (TPSA) is 56.1 Å². The predicted octanol–water partition coefficient (Wildman–Crippen LogP) is 5.45. The van der Waals surface area contributed by atoms with Gasteiger partial charge in [-0.1, -0.05) is 29.8 Å². The molecule has 2 aromatic carbocycles. The highest BCUT2D eigenvalue weighted by Crippen LogP contribution is 2.29. The molecular formula is C26H24ClN3O2. The van der Waals surface area contributed by atoms with Gasteiger partial charge in [-0.15, -0.1) is 0 Å². The van der Waals surface area contributed by atoms with Crippen molar-refractivity contribution in [3.8, 4) is 22.7 Å². The van der Waals surface area contributed by atoms with Gasteiger partial charge >= 0.3 is 0 Å². The van der Waals surface area contributed by atoms with E-state index in [1.807, 2.05) is 66.7 Å². The SMILES string of the molecule is COc1ccc(-n2c(CCC(=O)NCc3ccccn3)ccc2-c2ccc(Cl)cc2)cc1. The smallest absolute Gasteiger partial charge is 0.220 e. The number of halogens is 1. The number of hydrogen-bond donors (Lipinski definition) is 1. The monoisotopic (exact) mass is 445 g/mol. The zero-order valence-corrected chi connectivity index (χ0v) is 18.5. The Bertz CT molecular complexity index is 1170. The summed E-state index contributed by atoms with van der Waals surface area (Å²) in [5.74, 6) is 0.788. The highest BCUT2D eigenvalue weighted by atomic mass is 35.5. The Kier molecular flexibility index (Phi) is 6.87. The third-order valence-corrected chi connectivity index (χ3v) is 5.49. The number of aryl methyl sites for hydroxylation is 1. The molecule has 2 aromatic heterocycles. The van der Waals surface area contributed by atoms with E-state index in [2.05, 4.69) is 27.0 Å². The van der Waals surface area contributed by atoms with Crippen LogP contribution >= 0.6 is 11.6 Å². The molecule has 0 aliphatic heterocycles. The van der Waals surface area contributed by atoms with Crippen LogP contribution in [0.15, 0.2) is 85.1 Å². The quantitative estimate of drug-likeness (QED) is 0.392. The van der Waals surface area contributed by atoms with E-state index >= 15 is 0 Å². The van der Waals surface area contributed by atoms with Gasteiger partial charge in [0.25, 0.3) is 0 Å². The molecule has 1 amide bonds. The molecule has 6 heteroatoms. The van der Waals surface area contributed by atoms with Crippen molar-refractivity contribution in [1.82, 2.24) is 14.9 Å². The molecule has 0 spiro atoms. The van der Waals surface area contributed by atoms with E-state index in [-0.39, 0.29) is 5.91 Å². The maximum atomic E-state index is 12.5. The summed E-state index contributed by atoms with van der Waals surface area (Å²) in [6, 6.07) is 25.5. The zero-order valence-electron chi connectivity index (χ0n) is 17.8. The standard InChI is InChI=1S/C26H24ClN3O2/c1-32-24-13-9-22(10-14-24)30-23(11-15-25(30)19-5-7-20(27)8-6-19)12-16-26(31)29-18-21-4-2-3-17-28-21/h2-11,13-15,17H,12,16,18H2,1H3,(H,29,31). The second kappa shape index (κ2) is 10.2. The van der Waals surface area contributed by atoms with Crippen molar-refractivity contribution in [3.63, 3.8) is 0 Å². The van der Waals surface area contributed by atoms with Gasteiger partial charge in [-0.3, -0.25) is 9.78 Å². The minimum Gasteiger partial charge on any atom is -0.497 e. The highest BCUT2D eigenvalue weighted by molar-refractivity contribution is 6.30. The fraction of sp³-hybridized carbons (Fsp3) is 0.154. The van der Waals surface area contributed by atoms with Crippen molar-refractivity contribution in [1.29, 1.82) is 0 Å². The first-order valence-corrected chi connectivity index (χ1v) is 10.8. The van der Waals surface area contributed by atoms with Gasteiger partial charge in [-0.25, -0.2) is 0 Å². The van der Waals surface area contributed by atoms with Gasteiger partial charge in [-0.2, -0.15) is 0 Å². The number of amides is 1. The fourth-order valence-electron chi connectivity index (χ4n) is 3.58. The normalized spacial score (nSPS) is 10.7. The average Bonchev–Trinajstić information content (AvgIpc) is 3.26. The van der Waals surface area contributed by atoms with E-state index in [0.29, 0.717) is 24.4 Å². The van der Waals surface area contributed by atoms with Gasteiger partial charge < -0.3 is 14.6 Å². The van der Waals surface area contributed by atoms with Crippen LogP contribution in [0.25, 0.3) is 16.9 Å². The van der Waals surface area contributed by atoms with E-state index in [9.17, 15) is 4.79 Å². The molecule has 2 heterocycles. The average molecular weight is 446 g/mol. The first-order chi connectivity index (χ1) is 15.6. The molecule has 5 nitrogen and oxygen atoms in total. The van der Waals surface area contributed by atoms with E-state index < -0.39 is 0 Å². The Morgan fingerprint density at radius 1 is 1.00 bits per heavy atom. The van der Waals surface area contributed by atoms with Crippen molar-refractivity contribution in [2.75, 3.05) is 7.11 Å². The summed E-state index contributed by atoms with van der Waals surface area (Å²) in [6.07, 6.45) is 2.71. The Morgan fingerprint density at radius 3 is 2.47 bits per heavy atom. The molecule has 32 heavy (non-hydrogen) atoms. The number of pyridine rings is 1. The predicted molar refractivity (Wildman–Crippen MR) is 127 cm³/mol. The van der Waals surface area contributed by atoms with Gasteiger partial charge in [0.1, 0.15) is 5.75 Å². The summed E-state index contributed by atoms with van der Waals surface area (Å²) in [5, 5.41) is 3.64. The fourth-order valence-corrected chi connectivity index (χ4v) is 3.70. The minimum atomic E-state index is -0.00817. The molecule has 0 bridgehead atoms. The summed E-state index contributed by atoms with van der Waals surface area (Å²) in [7, 11) is 1.65. The summed E-state index contributed by atoms with van der Waals surface area (Å²) in [4.78, 5) is 16.7. The van der Waals surface area contributed by atoms with Crippen LogP contribution in [-0.4, -0.2) is 22.6 Å². The van der Waals surface area contributed by atoms with Gasteiger partial charge in [-0.05, 0) is 72.6 Å². The van der Waals surface area contributed by atoms with Crippen LogP contribution in [0, 0.1) is 0 Å². The van der Waals surface area contributed by atoms with Gasteiger partial charge in [0.2, 0.25) is 5.91 Å². The lowest BCUT2D eigenvalue weighted by Crippen LogP contribution is -2.23. The summed E-state index contributed by atoms with van der Waals surface area (Å²) in [6.45, 7) is 0.426. The second-order valence-corrected chi connectivity index (χ2v) is 7.78. The van der Waals surface area contributed by atoms with E-state index in [0.717, 1.165) is 34.1 Å². The summed E-state index contributed by atoms with van der Waals surface area (Å²) < 4.78 is 7.48. The first-order valence-electron chi connectivity index (χ1n) is 10.4. The van der Waals surface area contributed by atoms with Crippen molar-refractivity contribution < 1.29 is 9.53 Å². The molecule has 0 aliphatic rings. The van der Waals surface area contributed by atoms with E-state index in [1.54, 1.807) is 13.3 Å². The van der Waals surface area contributed by atoms with Crippen LogP contribution < -0.4 is 10.1 Å². The van der Waals surface area contributed by atoms with Crippen LogP contribution in [0.3, 0.4) is 0 Å². The molecule has 0 unspecified atom stereocenters. The largest absolute Gasteiger partial charge is 0.497 e. The number of nitrogens with zero attached hydrogens (tertiary/aromatic N) is 2. The molecule has 4 rings (SSSR count). The molecule has 0 saturated carbocycles. The summed E-state index contributed by atoms with van der Waals surface area (Å²) >= 11 is 6.08. The molecule has 1 N–H and O–H groups in total. The molecule has 0 atom stereocenters. The van der Waals surface area contributed by atoms with E-state index in [1.165, 1.54) is 0 Å². The van der Waals surface area contributed by atoms with Crippen LogP contribution in [-0.2, 0) is 17.8 Å². The molecule has 162 valence electrons.